The molecule has 0 bridgehead atoms. The molecule has 1 aromatic rings. The van der Waals surface area contributed by atoms with E-state index in [9.17, 15) is 0 Å². The SMILES string of the molecule is COc1cc(OC)c(C2CC2C#N)cc1OC. The van der Waals surface area contributed by atoms with Crippen molar-refractivity contribution in [3.63, 3.8) is 0 Å². The van der Waals surface area contributed by atoms with Crippen LogP contribution in [0.2, 0.25) is 0 Å². The van der Waals surface area contributed by atoms with Crippen molar-refractivity contribution in [3.05, 3.63) is 17.7 Å². The highest BCUT2D eigenvalue weighted by atomic mass is 16.5. The van der Waals surface area contributed by atoms with E-state index in [4.69, 9.17) is 19.5 Å². The van der Waals surface area contributed by atoms with Crippen LogP contribution >= 0.6 is 0 Å². The first-order valence-electron chi connectivity index (χ1n) is 5.44. The van der Waals surface area contributed by atoms with E-state index in [1.54, 1.807) is 27.4 Å². The second kappa shape index (κ2) is 4.54. The molecule has 4 heteroatoms. The lowest BCUT2D eigenvalue weighted by molar-refractivity contribution is 0.347. The highest BCUT2D eigenvalue weighted by Gasteiger charge is 2.40. The fourth-order valence-corrected chi connectivity index (χ4v) is 2.02. The van der Waals surface area contributed by atoms with Gasteiger partial charge in [-0.15, -0.1) is 0 Å². The number of hydrogen-bond acceptors (Lipinski definition) is 4. The molecule has 2 unspecified atom stereocenters. The Kier molecular flexibility index (Phi) is 3.10. The van der Waals surface area contributed by atoms with Crippen LogP contribution in [0.1, 0.15) is 17.9 Å². The van der Waals surface area contributed by atoms with Gasteiger partial charge in [0.2, 0.25) is 0 Å². The molecule has 1 saturated carbocycles. The van der Waals surface area contributed by atoms with Crippen LogP contribution in [0.15, 0.2) is 12.1 Å². The summed E-state index contributed by atoms with van der Waals surface area (Å²) in [7, 11) is 4.81. The van der Waals surface area contributed by atoms with Crippen molar-refractivity contribution in [2.45, 2.75) is 12.3 Å². The van der Waals surface area contributed by atoms with E-state index in [1.165, 1.54) is 0 Å². The molecule has 0 heterocycles. The Morgan fingerprint density at radius 3 is 2.12 bits per heavy atom. The second-order valence-corrected chi connectivity index (χ2v) is 4.03. The van der Waals surface area contributed by atoms with Gasteiger partial charge < -0.3 is 14.2 Å². The topological polar surface area (TPSA) is 51.5 Å². The molecule has 1 aromatic carbocycles. The van der Waals surface area contributed by atoms with Crippen molar-refractivity contribution in [2.24, 2.45) is 5.92 Å². The summed E-state index contributed by atoms with van der Waals surface area (Å²) in [6, 6.07) is 5.99. The quantitative estimate of drug-likeness (QED) is 0.801. The lowest BCUT2D eigenvalue weighted by Crippen LogP contribution is -1.96. The van der Waals surface area contributed by atoms with E-state index in [1.807, 2.05) is 6.07 Å². The van der Waals surface area contributed by atoms with Crippen molar-refractivity contribution in [1.29, 1.82) is 5.26 Å². The predicted octanol–water partition coefficient (Wildman–Crippen LogP) is 2.34. The first-order valence-corrected chi connectivity index (χ1v) is 5.44. The molecular weight excluding hydrogens is 218 g/mol. The van der Waals surface area contributed by atoms with Crippen LogP contribution in [0.3, 0.4) is 0 Å². The monoisotopic (exact) mass is 233 g/mol. The van der Waals surface area contributed by atoms with E-state index in [-0.39, 0.29) is 11.8 Å². The van der Waals surface area contributed by atoms with Crippen molar-refractivity contribution >= 4 is 0 Å². The minimum absolute atomic E-state index is 0.0991. The van der Waals surface area contributed by atoms with Gasteiger partial charge in [0.25, 0.3) is 0 Å². The molecule has 1 fully saturated rings. The second-order valence-electron chi connectivity index (χ2n) is 4.03. The van der Waals surface area contributed by atoms with Crippen LogP contribution in [-0.4, -0.2) is 21.3 Å². The smallest absolute Gasteiger partial charge is 0.164 e. The summed E-state index contributed by atoms with van der Waals surface area (Å²) in [4.78, 5) is 0. The number of nitriles is 1. The summed E-state index contributed by atoms with van der Waals surface area (Å²) in [5, 5.41) is 8.88. The molecule has 1 aliphatic rings. The molecule has 4 nitrogen and oxygen atoms in total. The zero-order valence-electron chi connectivity index (χ0n) is 10.2. The summed E-state index contributed by atoms with van der Waals surface area (Å²) in [5.74, 6) is 2.43. The Balaban J connectivity index is 2.41. The highest BCUT2D eigenvalue weighted by Crippen LogP contribution is 2.52. The van der Waals surface area contributed by atoms with Crippen molar-refractivity contribution < 1.29 is 14.2 Å². The average Bonchev–Trinajstić information content (AvgIpc) is 3.16. The predicted molar refractivity (Wildman–Crippen MR) is 62.6 cm³/mol. The maximum absolute atomic E-state index is 8.88. The van der Waals surface area contributed by atoms with E-state index < -0.39 is 0 Å². The van der Waals surface area contributed by atoms with E-state index in [2.05, 4.69) is 6.07 Å². The minimum atomic E-state index is 0.0991. The van der Waals surface area contributed by atoms with Crippen LogP contribution in [0.5, 0.6) is 17.2 Å². The molecule has 0 spiro atoms. The van der Waals surface area contributed by atoms with Gasteiger partial charge in [0, 0.05) is 17.5 Å². The first-order chi connectivity index (χ1) is 8.24. The Hall–Kier alpha value is -1.89. The zero-order chi connectivity index (χ0) is 12.4. The molecule has 0 saturated heterocycles. The summed E-state index contributed by atoms with van der Waals surface area (Å²) in [6.45, 7) is 0. The number of nitrogens with zero attached hydrogens (tertiary/aromatic N) is 1. The molecule has 0 amide bonds. The Bertz CT molecular complexity index is 464. The number of methoxy groups -OCH3 is 3. The molecular formula is C13H15NO3. The van der Waals surface area contributed by atoms with Gasteiger partial charge in [0.05, 0.1) is 33.3 Å². The van der Waals surface area contributed by atoms with Crippen LogP contribution in [-0.2, 0) is 0 Å². The Morgan fingerprint density at radius 2 is 1.65 bits per heavy atom. The van der Waals surface area contributed by atoms with Crippen LogP contribution < -0.4 is 14.2 Å². The van der Waals surface area contributed by atoms with Gasteiger partial charge in [-0.3, -0.25) is 0 Å². The first kappa shape index (κ1) is 11.6. The van der Waals surface area contributed by atoms with Gasteiger partial charge >= 0.3 is 0 Å². The summed E-state index contributed by atoms with van der Waals surface area (Å²) in [5.41, 5.74) is 1.02. The molecule has 0 N–H and O–H groups in total. The van der Waals surface area contributed by atoms with Gasteiger partial charge in [-0.2, -0.15) is 5.26 Å². The standard InChI is InChI=1S/C13H15NO3/c1-15-11-6-13(17-3)12(16-2)5-10(11)9-4-8(9)7-14/h5-6,8-9H,4H2,1-3H3. The average molecular weight is 233 g/mol. The van der Waals surface area contributed by atoms with Gasteiger partial charge in [-0.05, 0) is 12.5 Å². The van der Waals surface area contributed by atoms with Gasteiger partial charge in [-0.1, -0.05) is 0 Å². The fraction of sp³-hybridized carbons (Fsp3) is 0.462. The molecule has 2 rings (SSSR count). The molecule has 0 radical (unpaired) electrons. The summed E-state index contributed by atoms with van der Waals surface area (Å²) >= 11 is 0. The molecule has 2 atom stereocenters. The van der Waals surface area contributed by atoms with Crippen LogP contribution in [0.25, 0.3) is 0 Å². The maximum atomic E-state index is 8.88. The Labute approximate surface area is 101 Å². The molecule has 1 aliphatic carbocycles. The largest absolute Gasteiger partial charge is 0.496 e. The molecule has 90 valence electrons. The number of ether oxygens (including phenoxy) is 3. The maximum Gasteiger partial charge on any atom is 0.164 e. The van der Waals surface area contributed by atoms with Gasteiger partial charge in [0.15, 0.2) is 11.5 Å². The van der Waals surface area contributed by atoms with Crippen molar-refractivity contribution in [1.82, 2.24) is 0 Å². The van der Waals surface area contributed by atoms with Gasteiger partial charge in [-0.25, -0.2) is 0 Å². The van der Waals surface area contributed by atoms with E-state index in [0.29, 0.717) is 11.5 Å². The lowest BCUT2D eigenvalue weighted by atomic mass is 10.1. The normalized spacial score (nSPS) is 21.5. The molecule has 17 heavy (non-hydrogen) atoms. The highest BCUT2D eigenvalue weighted by molar-refractivity contribution is 5.53. The molecule has 0 aromatic heterocycles. The van der Waals surface area contributed by atoms with Crippen LogP contribution in [0.4, 0.5) is 0 Å². The third kappa shape index (κ3) is 2.01. The number of rotatable bonds is 4. The number of hydrogen-bond donors (Lipinski definition) is 0. The van der Waals surface area contributed by atoms with Crippen molar-refractivity contribution in [3.8, 4) is 23.3 Å². The lowest BCUT2D eigenvalue weighted by Gasteiger charge is -2.13. The van der Waals surface area contributed by atoms with Crippen LogP contribution in [0, 0.1) is 17.2 Å². The van der Waals surface area contributed by atoms with Crippen molar-refractivity contribution in [2.75, 3.05) is 21.3 Å². The number of benzene rings is 1. The minimum Gasteiger partial charge on any atom is -0.496 e. The Morgan fingerprint density at radius 1 is 1.06 bits per heavy atom. The molecule has 0 aliphatic heterocycles. The summed E-state index contributed by atoms with van der Waals surface area (Å²) < 4.78 is 15.8. The summed E-state index contributed by atoms with van der Waals surface area (Å²) in [6.07, 6.45) is 0.891. The van der Waals surface area contributed by atoms with Gasteiger partial charge in [0.1, 0.15) is 5.75 Å². The third-order valence-corrected chi connectivity index (χ3v) is 3.09. The van der Waals surface area contributed by atoms with E-state index in [0.717, 1.165) is 17.7 Å². The zero-order valence-corrected chi connectivity index (χ0v) is 10.2. The fourth-order valence-electron chi connectivity index (χ4n) is 2.02. The third-order valence-electron chi connectivity index (χ3n) is 3.09. The van der Waals surface area contributed by atoms with E-state index >= 15 is 0 Å².